The molecule has 5 nitrogen and oxygen atoms in total. The topological polar surface area (TPSA) is 68.5 Å². The molecular formula is C16H15Cl2NO4. The highest BCUT2D eigenvalue weighted by molar-refractivity contribution is 6.35. The van der Waals surface area contributed by atoms with E-state index in [1.165, 1.54) is 13.0 Å². The lowest BCUT2D eigenvalue weighted by Gasteiger charge is -2.14. The third-order valence-corrected chi connectivity index (χ3v) is 3.66. The van der Waals surface area contributed by atoms with E-state index in [9.17, 15) is 9.59 Å². The maximum atomic E-state index is 12.1. The summed E-state index contributed by atoms with van der Waals surface area (Å²) in [5.74, 6) is -0.102. The van der Waals surface area contributed by atoms with Gasteiger partial charge in [-0.2, -0.15) is 0 Å². The van der Waals surface area contributed by atoms with Gasteiger partial charge in [0.2, 0.25) is 0 Å². The van der Waals surface area contributed by atoms with E-state index in [4.69, 9.17) is 32.4 Å². The molecule has 7 heteroatoms. The second-order valence-electron chi connectivity index (χ2n) is 4.99. The molecule has 0 saturated carbocycles. The van der Waals surface area contributed by atoms with Crippen LogP contribution in [0.3, 0.4) is 0 Å². The number of carbonyl (C=O) groups excluding carboxylic acids is 2. The Labute approximate surface area is 143 Å². The minimum Gasteiger partial charge on any atom is -0.466 e. The van der Waals surface area contributed by atoms with Gasteiger partial charge in [-0.3, -0.25) is 4.79 Å². The number of rotatable bonds is 4. The van der Waals surface area contributed by atoms with Gasteiger partial charge in [-0.15, -0.1) is 0 Å². The Hall–Kier alpha value is -1.98. The lowest BCUT2D eigenvalue weighted by Crippen LogP contribution is -2.30. The molecule has 1 aromatic heterocycles. The van der Waals surface area contributed by atoms with Crippen molar-refractivity contribution in [2.45, 2.75) is 26.9 Å². The van der Waals surface area contributed by atoms with Gasteiger partial charge in [0.15, 0.2) is 6.10 Å². The van der Waals surface area contributed by atoms with Crippen LogP contribution in [0.2, 0.25) is 10.0 Å². The molecule has 0 aliphatic heterocycles. The summed E-state index contributed by atoms with van der Waals surface area (Å²) >= 11 is 11.8. The van der Waals surface area contributed by atoms with Crippen LogP contribution >= 0.6 is 23.2 Å². The van der Waals surface area contributed by atoms with Crippen molar-refractivity contribution >= 4 is 40.8 Å². The van der Waals surface area contributed by atoms with Gasteiger partial charge in [-0.1, -0.05) is 23.2 Å². The summed E-state index contributed by atoms with van der Waals surface area (Å²) in [4.78, 5) is 24.2. The second-order valence-corrected chi connectivity index (χ2v) is 5.83. The Bertz CT molecular complexity index is 755. The molecule has 0 aliphatic rings. The van der Waals surface area contributed by atoms with E-state index in [0.717, 1.165) is 0 Å². The first-order valence-corrected chi connectivity index (χ1v) is 7.57. The molecule has 0 saturated heterocycles. The molecule has 0 fully saturated rings. The molecule has 0 bridgehead atoms. The second kappa shape index (κ2) is 7.06. The smallest absolute Gasteiger partial charge is 0.342 e. The van der Waals surface area contributed by atoms with Crippen molar-refractivity contribution in [1.82, 2.24) is 0 Å². The van der Waals surface area contributed by atoms with E-state index in [2.05, 4.69) is 5.32 Å². The molecule has 122 valence electrons. The zero-order valence-corrected chi connectivity index (χ0v) is 14.3. The first-order chi connectivity index (χ1) is 10.8. The first kappa shape index (κ1) is 17.4. The van der Waals surface area contributed by atoms with Gasteiger partial charge in [0.05, 0.1) is 10.7 Å². The predicted molar refractivity (Wildman–Crippen MR) is 88.2 cm³/mol. The normalized spacial score (nSPS) is 11.9. The molecule has 0 radical (unpaired) electrons. The first-order valence-electron chi connectivity index (χ1n) is 6.82. The summed E-state index contributed by atoms with van der Waals surface area (Å²) in [5, 5.41) is 3.34. The van der Waals surface area contributed by atoms with Crippen molar-refractivity contribution in [1.29, 1.82) is 0 Å². The van der Waals surface area contributed by atoms with Crippen molar-refractivity contribution in [3.63, 3.8) is 0 Å². The summed E-state index contributed by atoms with van der Waals surface area (Å²) in [6.45, 7) is 4.84. The molecule has 1 N–H and O–H groups in total. The number of halogens is 2. The van der Waals surface area contributed by atoms with Crippen LogP contribution in [-0.2, 0) is 9.53 Å². The van der Waals surface area contributed by atoms with Crippen LogP contribution in [0.1, 0.15) is 28.8 Å². The monoisotopic (exact) mass is 355 g/mol. The fraction of sp³-hybridized carbons (Fsp3) is 0.250. The highest BCUT2D eigenvalue weighted by Gasteiger charge is 2.22. The molecule has 2 aromatic rings. The lowest BCUT2D eigenvalue weighted by molar-refractivity contribution is -0.123. The minimum atomic E-state index is -1.01. The van der Waals surface area contributed by atoms with Crippen molar-refractivity contribution in [2.24, 2.45) is 0 Å². The predicted octanol–water partition coefficient (Wildman–Crippen LogP) is 4.39. The van der Waals surface area contributed by atoms with Crippen LogP contribution in [0.5, 0.6) is 0 Å². The van der Waals surface area contributed by atoms with Gasteiger partial charge >= 0.3 is 5.97 Å². The molecule has 23 heavy (non-hydrogen) atoms. The lowest BCUT2D eigenvalue weighted by atomic mass is 10.2. The van der Waals surface area contributed by atoms with E-state index < -0.39 is 18.0 Å². The van der Waals surface area contributed by atoms with Gasteiger partial charge < -0.3 is 14.5 Å². The molecule has 2 rings (SSSR count). The molecule has 1 unspecified atom stereocenters. The number of ether oxygens (including phenoxy) is 1. The average molecular weight is 356 g/mol. The van der Waals surface area contributed by atoms with Crippen molar-refractivity contribution in [3.8, 4) is 0 Å². The van der Waals surface area contributed by atoms with E-state index >= 15 is 0 Å². The Morgan fingerprint density at radius 2 is 1.91 bits per heavy atom. The number of aryl methyl sites for hydroxylation is 2. The van der Waals surface area contributed by atoms with E-state index in [1.807, 2.05) is 0 Å². The van der Waals surface area contributed by atoms with Gasteiger partial charge in [-0.05, 0) is 45.0 Å². The van der Waals surface area contributed by atoms with Gasteiger partial charge in [0, 0.05) is 5.02 Å². The minimum absolute atomic E-state index is 0.294. The summed E-state index contributed by atoms with van der Waals surface area (Å²) in [5.41, 5.74) is 0.644. The fourth-order valence-electron chi connectivity index (χ4n) is 1.94. The number of carbonyl (C=O) groups is 2. The quantitative estimate of drug-likeness (QED) is 0.825. The molecule has 1 atom stereocenters. The van der Waals surface area contributed by atoms with Crippen LogP contribution in [0.4, 0.5) is 5.69 Å². The standard InChI is InChI=1S/C16H15Cl2NO4/c1-8-6-12(9(2)22-8)16(21)23-10(3)15(20)19-14-7-11(17)4-5-13(14)18/h4-7,10H,1-3H3,(H,19,20). The number of hydrogen-bond acceptors (Lipinski definition) is 4. The highest BCUT2D eigenvalue weighted by Crippen LogP contribution is 2.25. The number of esters is 1. The number of anilines is 1. The SMILES string of the molecule is Cc1cc(C(=O)OC(C)C(=O)Nc2cc(Cl)ccc2Cl)c(C)o1. The van der Waals surface area contributed by atoms with E-state index in [1.54, 1.807) is 32.0 Å². The number of furan rings is 1. The summed E-state index contributed by atoms with van der Waals surface area (Å²) in [6.07, 6.45) is -1.01. The van der Waals surface area contributed by atoms with Crippen LogP contribution in [0, 0.1) is 13.8 Å². The molecule has 1 heterocycles. The summed E-state index contributed by atoms with van der Waals surface area (Å²) in [7, 11) is 0. The van der Waals surface area contributed by atoms with Crippen molar-refractivity contribution in [2.75, 3.05) is 5.32 Å². The Balaban J connectivity index is 2.04. The number of nitrogens with one attached hydrogen (secondary N) is 1. The summed E-state index contributed by atoms with van der Waals surface area (Å²) in [6, 6.07) is 6.25. The highest BCUT2D eigenvalue weighted by atomic mass is 35.5. The zero-order chi connectivity index (χ0) is 17.1. The van der Waals surface area contributed by atoms with Gasteiger partial charge in [-0.25, -0.2) is 4.79 Å². The summed E-state index contributed by atoms with van der Waals surface area (Å²) < 4.78 is 10.4. The Morgan fingerprint density at radius 1 is 1.22 bits per heavy atom. The molecule has 0 aliphatic carbocycles. The van der Waals surface area contributed by atoms with Crippen LogP contribution < -0.4 is 5.32 Å². The van der Waals surface area contributed by atoms with Gasteiger partial charge in [0.25, 0.3) is 5.91 Å². The van der Waals surface area contributed by atoms with E-state index in [0.29, 0.717) is 32.8 Å². The van der Waals surface area contributed by atoms with E-state index in [-0.39, 0.29) is 0 Å². The number of hydrogen-bond donors (Lipinski definition) is 1. The molecular weight excluding hydrogens is 341 g/mol. The number of benzene rings is 1. The maximum absolute atomic E-state index is 12.1. The van der Waals surface area contributed by atoms with Crippen LogP contribution in [0.15, 0.2) is 28.7 Å². The molecule has 0 spiro atoms. The fourth-order valence-corrected chi connectivity index (χ4v) is 2.28. The zero-order valence-electron chi connectivity index (χ0n) is 12.8. The maximum Gasteiger partial charge on any atom is 0.342 e. The van der Waals surface area contributed by atoms with Crippen molar-refractivity contribution < 1.29 is 18.7 Å². The molecule has 1 aromatic carbocycles. The van der Waals surface area contributed by atoms with Gasteiger partial charge in [0.1, 0.15) is 17.1 Å². The average Bonchev–Trinajstić information content (AvgIpc) is 2.81. The Kier molecular flexibility index (Phi) is 5.34. The van der Waals surface area contributed by atoms with Crippen molar-refractivity contribution in [3.05, 3.63) is 51.4 Å². The third-order valence-electron chi connectivity index (χ3n) is 3.10. The number of amides is 1. The third kappa shape index (κ3) is 4.27. The van der Waals surface area contributed by atoms with Crippen LogP contribution in [-0.4, -0.2) is 18.0 Å². The van der Waals surface area contributed by atoms with Crippen LogP contribution in [0.25, 0.3) is 0 Å². The largest absolute Gasteiger partial charge is 0.466 e. The molecule has 1 amide bonds. The Morgan fingerprint density at radius 3 is 2.52 bits per heavy atom.